The second-order valence-corrected chi connectivity index (χ2v) is 6.08. The zero-order valence-electron chi connectivity index (χ0n) is 10.4. The Morgan fingerprint density at radius 1 is 1.35 bits per heavy atom. The van der Waals surface area contributed by atoms with Gasteiger partial charge in [0, 0.05) is 30.7 Å². The van der Waals surface area contributed by atoms with E-state index in [-0.39, 0.29) is 0 Å². The molecule has 2 fully saturated rings. The first-order valence-corrected chi connectivity index (χ1v) is 7.32. The molecule has 0 aromatic carbocycles. The van der Waals surface area contributed by atoms with Crippen LogP contribution in [0, 0.1) is 0 Å². The number of rotatable bonds is 5. The highest BCUT2D eigenvalue weighted by Crippen LogP contribution is 2.18. The average molecular weight is 304 g/mol. The van der Waals surface area contributed by atoms with Crippen molar-refractivity contribution in [2.24, 2.45) is 0 Å². The highest BCUT2D eigenvalue weighted by molar-refractivity contribution is 9.11. The third kappa shape index (κ3) is 4.70. The largest absolute Gasteiger partial charge is 0.376 e. The quantitative estimate of drug-likeness (QED) is 0.779. The van der Waals surface area contributed by atoms with Gasteiger partial charge < -0.3 is 9.47 Å². The van der Waals surface area contributed by atoms with E-state index in [1.807, 2.05) is 0 Å². The number of halogens is 1. The van der Waals surface area contributed by atoms with Crippen molar-refractivity contribution < 1.29 is 9.47 Å². The van der Waals surface area contributed by atoms with E-state index in [1.54, 1.807) is 0 Å². The van der Waals surface area contributed by atoms with Gasteiger partial charge in [-0.15, -0.1) is 0 Å². The molecule has 1 atom stereocenters. The number of ether oxygens (including phenoxy) is 2. The summed E-state index contributed by atoms with van der Waals surface area (Å²) in [4.78, 5) is 2.42. The molecule has 0 amide bonds. The Morgan fingerprint density at radius 2 is 2.12 bits per heavy atom. The van der Waals surface area contributed by atoms with Crippen molar-refractivity contribution in [1.29, 1.82) is 0 Å². The van der Waals surface area contributed by atoms with Crippen LogP contribution in [0.3, 0.4) is 0 Å². The van der Waals surface area contributed by atoms with Crippen molar-refractivity contribution in [3.63, 3.8) is 0 Å². The van der Waals surface area contributed by atoms with E-state index in [9.17, 15) is 0 Å². The fourth-order valence-electron chi connectivity index (χ4n) is 2.50. The van der Waals surface area contributed by atoms with Crippen LogP contribution in [-0.2, 0) is 9.47 Å². The molecule has 98 valence electrons. The fourth-order valence-corrected chi connectivity index (χ4v) is 2.85. The molecule has 0 aliphatic carbocycles. The lowest BCUT2D eigenvalue weighted by atomic mass is 10.1. The topological polar surface area (TPSA) is 21.7 Å². The van der Waals surface area contributed by atoms with Crippen molar-refractivity contribution >= 4 is 15.9 Å². The van der Waals surface area contributed by atoms with Gasteiger partial charge in [-0.2, -0.15) is 0 Å². The smallest absolute Gasteiger partial charge is 0.0809 e. The van der Waals surface area contributed by atoms with Gasteiger partial charge in [-0.25, -0.2) is 0 Å². The molecule has 4 heteroatoms. The Kier molecular flexibility index (Phi) is 5.48. The van der Waals surface area contributed by atoms with Gasteiger partial charge in [-0.1, -0.05) is 22.5 Å². The summed E-state index contributed by atoms with van der Waals surface area (Å²) >= 11 is 3.42. The maximum absolute atomic E-state index is 5.93. The summed E-state index contributed by atoms with van der Waals surface area (Å²) < 4.78 is 12.6. The summed E-state index contributed by atoms with van der Waals surface area (Å²) in [5.74, 6) is 0. The summed E-state index contributed by atoms with van der Waals surface area (Å²) in [5, 5.41) is 0. The van der Waals surface area contributed by atoms with Crippen LogP contribution in [-0.4, -0.2) is 50.0 Å². The SMILES string of the molecule is C=C(Br)CN1CCC(OC[C@H]2CCCO2)CC1. The number of hydrogen-bond donors (Lipinski definition) is 0. The van der Waals surface area contributed by atoms with Gasteiger partial charge in [0.2, 0.25) is 0 Å². The molecule has 0 radical (unpaired) electrons. The molecular weight excluding hydrogens is 282 g/mol. The van der Waals surface area contributed by atoms with Gasteiger partial charge in [0.1, 0.15) is 0 Å². The second-order valence-electron chi connectivity index (χ2n) is 4.96. The summed E-state index contributed by atoms with van der Waals surface area (Å²) in [6.07, 6.45) is 5.41. The van der Waals surface area contributed by atoms with Crippen molar-refractivity contribution in [3.05, 3.63) is 11.1 Å². The van der Waals surface area contributed by atoms with Crippen molar-refractivity contribution in [1.82, 2.24) is 4.90 Å². The van der Waals surface area contributed by atoms with Gasteiger partial charge in [0.15, 0.2) is 0 Å². The maximum atomic E-state index is 5.93. The summed E-state index contributed by atoms with van der Waals surface area (Å²) in [6.45, 7) is 8.77. The van der Waals surface area contributed by atoms with Crippen LogP contribution in [0.25, 0.3) is 0 Å². The fraction of sp³-hybridized carbons (Fsp3) is 0.846. The van der Waals surface area contributed by atoms with Crippen molar-refractivity contribution in [3.8, 4) is 0 Å². The van der Waals surface area contributed by atoms with Crippen LogP contribution in [0.5, 0.6) is 0 Å². The molecule has 0 bridgehead atoms. The first-order valence-electron chi connectivity index (χ1n) is 6.53. The first-order chi connectivity index (χ1) is 8.24. The van der Waals surface area contributed by atoms with Gasteiger partial charge in [-0.05, 0) is 25.7 Å². The lowest BCUT2D eigenvalue weighted by Crippen LogP contribution is -2.38. The van der Waals surface area contributed by atoms with Gasteiger partial charge in [0.25, 0.3) is 0 Å². The van der Waals surface area contributed by atoms with Gasteiger partial charge >= 0.3 is 0 Å². The third-order valence-corrected chi connectivity index (χ3v) is 3.72. The molecule has 2 aliphatic rings. The van der Waals surface area contributed by atoms with E-state index in [0.29, 0.717) is 12.2 Å². The molecule has 0 aromatic heterocycles. The molecule has 0 aromatic rings. The first kappa shape index (κ1) is 13.5. The van der Waals surface area contributed by atoms with E-state index in [2.05, 4.69) is 27.4 Å². The minimum Gasteiger partial charge on any atom is -0.376 e. The molecular formula is C13H22BrNO2. The number of likely N-dealkylation sites (tertiary alicyclic amines) is 1. The average Bonchev–Trinajstić information content (AvgIpc) is 2.80. The summed E-state index contributed by atoms with van der Waals surface area (Å²) in [7, 11) is 0. The van der Waals surface area contributed by atoms with E-state index in [1.165, 1.54) is 12.8 Å². The van der Waals surface area contributed by atoms with Crippen LogP contribution in [0.2, 0.25) is 0 Å². The van der Waals surface area contributed by atoms with Gasteiger partial charge in [0.05, 0.1) is 18.8 Å². The highest BCUT2D eigenvalue weighted by Gasteiger charge is 2.22. The lowest BCUT2D eigenvalue weighted by Gasteiger charge is -2.32. The number of hydrogen-bond acceptors (Lipinski definition) is 3. The second kappa shape index (κ2) is 6.88. The highest BCUT2D eigenvalue weighted by atomic mass is 79.9. The molecule has 3 nitrogen and oxygen atoms in total. The molecule has 0 saturated carbocycles. The molecule has 2 rings (SSSR count). The van der Waals surface area contributed by atoms with Crippen molar-refractivity contribution in [2.45, 2.75) is 37.9 Å². The van der Waals surface area contributed by atoms with Crippen LogP contribution in [0.4, 0.5) is 0 Å². The van der Waals surface area contributed by atoms with Gasteiger partial charge in [-0.3, -0.25) is 4.90 Å². The standard InChI is InChI=1S/C13H22BrNO2/c1-11(14)9-15-6-4-12(5-7-15)17-10-13-3-2-8-16-13/h12-13H,1-10H2/t13-/m1/s1. The van der Waals surface area contributed by atoms with Crippen LogP contribution >= 0.6 is 15.9 Å². The van der Waals surface area contributed by atoms with E-state index in [0.717, 1.165) is 50.2 Å². The Bertz CT molecular complexity index is 246. The Hall–Kier alpha value is 0.1000. The van der Waals surface area contributed by atoms with Crippen LogP contribution < -0.4 is 0 Å². The molecule has 2 saturated heterocycles. The predicted octanol–water partition coefficient (Wildman–Crippen LogP) is 2.56. The van der Waals surface area contributed by atoms with Crippen LogP contribution in [0.15, 0.2) is 11.1 Å². The predicted molar refractivity (Wildman–Crippen MR) is 72.5 cm³/mol. The normalized spacial score (nSPS) is 27.5. The molecule has 0 spiro atoms. The summed E-state index contributed by atoms with van der Waals surface area (Å²) in [5.41, 5.74) is 0. The number of nitrogens with zero attached hydrogens (tertiary/aromatic N) is 1. The monoisotopic (exact) mass is 303 g/mol. The number of piperidine rings is 1. The zero-order valence-corrected chi connectivity index (χ0v) is 12.0. The lowest BCUT2D eigenvalue weighted by molar-refractivity contribution is -0.0409. The molecule has 2 heterocycles. The molecule has 17 heavy (non-hydrogen) atoms. The van der Waals surface area contributed by atoms with Crippen LogP contribution in [0.1, 0.15) is 25.7 Å². The Morgan fingerprint density at radius 3 is 2.71 bits per heavy atom. The molecule has 0 N–H and O–H groups in total. The molecule has 2 aliphatic heterocycles. The maximum Gasteiger partial charge on any atom is 0.0809 e. The van der Waals surface area contributed by atoms with E-state index in [4.69, 9.17) is 9.47 Å². The molecule has 0 unspecified atom stereocenters. The van der Waals surface area contributed by atoms with E-state index < -0.39 is 0 Å². The minimum atomic E-state index is 0.357. The minimum absolute atomic E-state index is 0.357. The third-order valence-electron chi connectivity index (χ3n) is 3.47. The Balaban J connectivity index is 1.60. The Labute approximate surface area is 112 Å². The van der Waals surface area contributed by atoms with E-state index >= 15 is 0 Å². The zero-order chi connectivity index (χ0) is 12.1. The van der Waals surface area contributed by atoms with Crippen molar-refractivity contribution in [2.75, 3.05) is 32.8 Å². The summed E-state index contributed by atoms with van der Waals surface area (Å²) in [6, 6.07) is 0.